The van der Waals surface area contributed by atoms with Crippen LogP contribution in [0.3, 0.4) is 0 Å². The van der Waals surface area contributed by atoms with E-state index in [9.17, 15) is 9.18 Å². The molecule has 0 aromatic heterocycles. The van der Waals surface area contributed by atoms with Crippen molar-refractivity contribution in [2.75, 3.05) is 25.1 Å². The average molecular weight is 347 g/mol. The van der Waals surface area contributed by atoms with Crippen LogP contribution < -0.4 is 10.6 Å². The van der Waals surface area contributed by atoms with Gasteiger partial charge in [0.05, 0.1) is 18.9 Å². The number of nitrogens with one attached hydrogen (secondary N) is 2. The fraction of sp³-hybridized carbons (Fsp3) is 0.462. The van der Waals surface area contributed by atoms with Gasteiger partial charge in [0.25, 0.3) is 0 Å². The van der Waals surface area contributed by atoms with Gasteiger partial charge in [-0.2, -0.15) is 0 Å². The third-order valence-corrected chi connectivity index (χ3v) is 3.43. The maximum atomic E-state index is 13.5. The second kappa shape index (κ2) is 6.51. The lowest BCUT2D eigenvalue weighted by Gasteiger charge is -2.22. The third kappa shape index (κ3) is 4.16. The van der Waals surface area contributed by atoms with Crippen LogP contribution in [0.25, 0.3) is 0 Å². The molecule has 0 saturated carbocycles. The molecular weight excluding hydrogens is 331 g/mol. The Morgan fingerprint density at radius 1 is 1.45 bits per heavy atom. The van der Waals surface area contributed by atoms with Gasteiger partial charge >= 0.3 is 6.03 Å². The Bertz CT molecular complexity index is 493. The van der Waals surface area contributed by atoms with Crippen LogP contribution in [0.5, 0.6) is 0 Å². The van der Waals surface area contributed by atoms with Gasteiger partial charge < -0.3 is 20.1 Å². The van der Waals surface area contributed by atoms with E-state index >= 15 is 0 Å². The molecule has 0 radical (unpaired) electrons. The van der Waals surface area contributed by atoms with E-state index in [0.717, 1.165) is 0 Å². The molecule has 1 aliphatic heterocycles. The summed E-state index contributed by atoms with van der Waals surface area (Å²) < 4.78 is 25.0. The first-order chi connectivity index (χ1) is 9.48. The fourth-order valence-electron chi connectivity index (χ4n) is 1.86. The van der Waals surface area contributed by atoms with Crippen LogP contribution in [0.1, 0.15) is 13.3 Å². The molecule has 1 fully saturated rings. The van der Waals surface area contributed by atoms with Gasteiger partial charge in [-0.05, 0) is 25.1 Å². The topological polar surface area (TPSA) is 59.6 Å². The van der Waals surface area contributed by atoms with Crippen LogP contribution in [0.2, 0.25) is 0 Å². The van der Waals surface area contributed by atoms with Crippen molar-refractivity contribution < 1.29 is 18.7 Å². The second-order valence-corrected chi connectivity index (χ2v) is 5.50. The molecule has 20 heavy (non-hydrogen) atoms. The Hall–Kier alpha value is -1.18. The fourth-order valence-corrected chi connectivity index (χ4v) is 2.23. The van der Waals surface area contributed by atoms with E-state index in [4.69, 9.17) is 9.47 Å². The molecule has 2 rings (SSSR count). The van der Waals surface area contributed by atoms with E-state index in [0.29, 0.717) is 30.7 Å². The highest BCUT2D eigenvalue weighted by atomic mass is 79.9. The van der Waals surface area contributed by atoms with E-state index < -0.39 is 17.6 Å². The number of anilines is 1. The van der Waals surface area contributed by atoms with Gasteiger partial charge in [0.15, 0.2) is 5.79 Å². The number of carbonyl (C=O) groups is 1. The third-order valence-electron chi connectivity index (χ3n) is 2.94. The summed E-state index contributed by atoms with van der Waals surface area (Å²) in [5.41, 5.74) is 0.122. The zero-order chi connectivity index (χ0) is 14.6. The molecule has 1 aliphatic rings. The smallest absolute Gasteiger partial charge is 0.319 e. The lowest BCUT2D eigenvalue weighted by atomic mass is 10.2. The molecule has 0 bridgehead atoms. The number of rotatable bonds is 4. The highest BCUT2D eigenvalue weighted by Crippen LogP contribution is 2.22. The lowest BCUT2D eigenvalue weighted by Crippen LogP contribution is -2.35. The van der Waals surface area contributed by atoms with Crippen LogP contribution >= 0.6 is 15.9 Å². The van der Waals surface area contributed by atoms with Gasteiger partial charge in [-0.3, -0.25) is 0 Å². The molecule has 110 valence electrons. The number of carbonyl (C=O) groups excluding carboxylic acids is 1. The molecule has 2 N–H and O–H groups in total. The minimum absolute atomic E-state index is 0.122. The molecule has 1 heterocycles. The zero-order valence-electron chi connectivity index (χ0n) is 11.0. The van der Waals surface area contributed by atoms with Crippen LogP contribution in [-0.4, -0.2) is 31.6 Å². The second-order valence-electron chi connectivity index (χ2n) is 4.59. The van der Waals surface area contributed by atoms with Crippen molar-refractivity contribution in [3.05, 3.63) is 28.5 Å². The van der Waals surface area contributed by atoms with Crippen molar-refractivity contribution in [2.24, 2.45) is 0 Å². The summed E-state index contributed by atoms with van der Waals surface area (Å²) in [7, 11) is 0. The van der Waals surface area contributed by atoms with Crippen molar-refractivity contribution >= 4 is 27.6 Å². The minimum atomic E-state index is -0.645. The summed E-state index contributed by atoms with van der Waals surface area (Å²) in [6, 6.07) is 3.87. The minimum Gasteiger partial charge on any atom is -0.348 e. The maximum absolute atomic E-state index is 13.5. The summed E-state index contributed by atoms with van der Waals surface area (Å²) in [6.45, 7) is 3.32. The predicted octanol–water partition coefficient (Wildman–Crippen LogP) is 2.86. The van der Waals surface area contributed by atoms with Crippen molar-refractivity contribution in [3.8, 4) is 0 Å². The summed E-state index contributed by atoms with van der Waals surface area (Å²) in [6.07, 6.45) is 0.529. The van der Waals surface area contributed by atoms with Crippen LogP contribution in [0, 0.1) is 5.82 Å². The lowest BCUT2D eigenvalue weighted by molar-refractivity contribution is -0.145. The van der Waals surface area contributed by atoms with E-state index in [-0.39, 0.29) is 5.69 Å². The van der Waals surface area contributed by atoms with Crippen molar-refractivity contribution in [1.29, 1.82) is 0 Å². The van der Waals surface area contributed by atoms with Gasteiger partial charge in [0.1, 0.15) is 5.82 Å². The Balaban J connectivity index is 1.79. The number of urea groups is 1. The van der Waals surface area contributed by atoms with Gasteiger partial charge in [-0.15, -0.1) is 0 Å². The monoisotopic (exact) mass is 346 g/mol. The van der Waals surface area contributed by atoms with Crippen LogP contribution in [0.15, 0.2) is 22.7 Å². The number of benzene rings is 1. The first kappa shape index (κ1) is 15.2. The summed E-state index contributed by atoms with van der Waals surface area (Å²) in [4.78, 5) is 11.7. The van der Waals surface area contributed by atoms with Gasteiger partial charge in [0, 0.05) is 17.4 Å². The molecule has 0 aliphatic carbocycles. The van der Waals surface area contributed by atoms with Crippen molar-refractivity contribution in [1.82, 2.24) is 5.32 Å². The average Bonchev–Trinajstić information content (AvgIpc) is 2.81. The number of hydrogen-bond acceptors (Lipinski definition) is 3. The summed E-state index contributed by atoms with van der Waals surface area (Å²) >= 11 is 3.22. The van der Waals surface area contributed by atoms with E-state index in [1.165, 1.54) is 12.1 Å². The van der Waals surface area contributed by atoms with Crippen molar-refractivity contribution in [3.63, 3.8) is 0 Å². The van der Waals surface area contributed by atoms with E-state index in [1.54, 1.807) is 6.07 Å². The predicted molar refractivity (Wildman–Crippen MR) is 76.0 cm³/mol. The summed E-state index contributed by atoms with van der Waals surface area (Å²) in [5, 5.41) is 5.09. The van der Waals surface area contributed by atoms with Crippen LogP contribution in [-0.2, 0) is 9.47 Å². The highest BCUT2D eigenvalue weighted by molar-refractivity contribution is 9.10. The standard InChI is InChI=1S/C13H16BrFN2O3/c1-13(19-6-7-20-13)4-5-16-12(18)17-11-8-9(14)2-3-10(11)15/h2-3,8H,4-7H2,1H3,(H2,16,17,18). The summed E-state index contributed by atoms with van der Waals surface area (Å²) in [5.74, 6) is -1.13. The van der Waals surface area contributed by atoms with Gasteiger partial charge in [-0.25, -0.2) is 9.18 Å². The molecular formula is C13H16BrFN2O3. The van der Waals surface area contributed by atoms with Gasteiger partial charge in [0.2, 0.25) is 0 Å². The Labute approximate surface area is 125 Å². The molecule has 0 spiro atoms. The number of ether oxygens (including phenoxy) is 2. The molecule has 1 aromatic carbocycles. The first-order valence-electron chi connectivity index (χ1n) is 6.26. The van der Waals surface area contributed by atoms with Gasteiger partial charge in [-0.1, -0.05) is 15.9 Å². The Morgan fingerprint density at radius 3 is 2.85 bits per heavy atom. The SMILES string of the molecule is CC1(CCNC(=O)Nc2cc(Br)ccc2F)OCCO1. The molecule has 1 aromatic rings. The highest BCUT2D eigenvalue weighted by Gasteiger charge is 2.30. The molecule has 5 nitrogen and oxygen atoms in total. The Kier molecular flexibility index (Phi) is 4.95. The number of hydrogen-bond donors (Lipinski definition) is 2. The maximum Gasteiger partial charge on any atom is 0.319 e. The van der Waals surface area contributed by atoms with Crippen molar-refractivity contribution in [2.45, 2.75) is 19.1 Å². The molecule has 2 amide bonds. The molecule has 7 heteroatoms. The first-order valence-corrected chi connectivity index (χ1v) is 7.06. The number of halogens is 2. The van der Waals surface area contributed by atoms with Crippen LogP contribution in [0.4, 0.5) is 14.9 Å². The molecule has 0 unspecified atom stereocenters. The zero-order valence-corrected chi connectivity index (χ0v) is 12.6. The quantitative estimate of drug-likeness (QED) is 0.881. The van der Waals surface area contributed by atoms with E-state index in [1.807, 2.05) is 6.92 Å². The Morgan fingerprint density at radius 2 is 2.15 bits per heavy atom. The molecule has 1 saturated heterocycles. The van der Waals surface area contributed by atoms with E-state index in [2.05, 4.69) is 26.6 Å². The number of amides is 2. The normalized spacial score (nSPS) is 16.9. The molecule has 0 atom stereocenters. The largest absolute Gasteiger partial charge is 0.348 e.